The number of aryl methyl sites for hydroxylation is 1. The second-order valence-corrected chi connectivity index (χ2v) is 12.8. The Morgan fingerprint density at radius 1 is 0.875 bits per heavy atom. The van der Waals surface area contributed by atoms with Gasteiger partial charge in [0.1, 0.15) is 18.2 Å². The lowest BCUT2D eigenvalue weighted by molar-refractivity contribution is -0.141. The number of hydrogen-bond donors (Lipinski definition) is 3. The first-order chi connectivity index (χ1) is 23.1. The van der Waals surface area contributed by atoms with Gasteiger partial charge in [0.05, 0.1) is 25.4 Å². The molecule has 0 aliphatic heterocycles. The van der Waals surface area contributed by atoms with Gasteiger partial charge in [-0.2, -0.15) is 0 Å². The second kappa shape index (κ2) is 17.6. The summed E-state index contributed by atoms with van der Waals surface area (Å²) in [5.41, 5.74) is 4.37. The van der Waals surface area contributed by atoms with Crippen LogP contribution in [-0.2, 0) is 20.7 Å². The van der Waals surface area contributed by atoms with Crippen molar-refractivity contribution in [3.8, 4) is 22.3 Å². The first-order valence-corrected chi connectivity index (χ1v) is 16.9. The lowest BCUT2D eigenvalue weighted by Crippen LogP contribution is -2.24. The van der Waals surface area contributed by atoms with Gasteiger partial charge in [0, 0.05) is 22.6 Å². The molecule has 0 aromatic heterocycles. The number of carbonyl (C=O) groups is 1. The van der Waals surface area contributed by atoms with E-state index in [0.717, 1.165) is 29.9 Å². The van der Waals surface area contributed by atoms with Gasteiger partial charge in [-0.1, -0.05) is 82.3 Å². The van der Waals surface area contributed by atoms with Crippen LogP contribution in [0.4, 0.5) is 8.78 Å². The molecule has 1 saturated carbocycles. The minimum absolute atomic E-state index is 0.0726. The quantitative estimate of drug-likeness (QED) is 0.0623. The van der Waals surface area contributed by atoms with Crippen LogP contribution in [0, 0.1) is 17.6 Å². The van der Waals surface area contributed by atoms with Crippen LogP contribution in [0.5, 0.6) is 0 Å². The third kappa shape index (κ3) is 9.26. The van der Waals surface area contributed by atoms with E-state index < -0.39 is 37.2 Å². The molecule has 3 aromatic carbocycles. The van der Waals surface area contributed by atoms with Crippen molar-refractivity contribution in [2.75, 3.05) is 26.4 Å². The van der Waals surface area contributed by atoms with Gasteiger partial charge in [-0.3, -0.25) is 0 Å². The van der Waals surface area contributed by atoms with Crippen molar-refractivity contribution in [2.24, 2.45) is 5.92 Å². The lowest BCUT2D eigenvalue weighted by Gasteiger charge is -2.28. The second-order valence-electron chi connectivity index (χ2n) is 12.8. The zero-order valence-electron chi connectivity index (χ0n) is 28.0. The van der Waals surface area contributed by atoms with E-state index >= 15 is 8.78 Å². The first-order valence-electron chi connectivity index (χ1n) is 16.9. The topological polar surface area (TPSA) is 96.2 Å². The Morgan fingerprint density at radius 3 is 2.19 bits per heavy atom. The Labute approximate surface area is 282 Å². The van der Waals surface area contributed by atoms with Gasteiger partial charge in [-0.15, -0.1) is 0 Å². The summed E-state index contributed by atoms with van der Waals surface area (Å²) < 4.78 is 42.0. The van der Waals surface area contributed by atoms with E-state index in [9.17, 15) is 20.1 Å². The minimum Gasteiger partial charge on any atom is -0.462 e. The molecule has 48 heavy (non-hydrogen) atoms. The molecule has 0 heterocycles. The van der Waals surface area contributed by atoms with Gasteiger partial charge in [0.2, 0.25) is 0 Å². The van der Waals surface area contributed by atoms with Crippen molar-refractivity contribution in [3.05, 3.63) is 107 Å². The largest absolute Gasteiger partial charge is 0.462 e. The predicted molar refractivity (Wildman–Crippen MR) is 184 cm³/mol. The first kappa shape index (κ1) is 37.1. The molecule has 1 fully saturated rings. The maximum atomic E-state index is 15.8. The fourth-order valence-electron chi connectivity index (χ4n) is 6.52. The van der Waals surface area contributed by atoms with E-state index in [0.29, 0.717) is 40.2 Å². The Morgan fingerprint density at radius 2 is 1.56 bits per heavy atom. The van der Waals surface area contributed by atoms with Gasteiger partial charge >= 0.3 is 5.97 Å². The van der Waals surface area contributed by atoms with Crippen LogP contribution >= 0.6 is 0 Å². The van der Waals surface area contributed by atoms with E-state index in [-0.39, 0.29) is 30.2 Å². The average molecular weight is 663 g/mol. The Kier molecular flexibility index (Phi) is 13.6. The van der Waals surface area contributed by atoms with Gasteiger partial charge in [0.15, 0.2) is 6.29 Å². The van der Waals surface area contributed by atoms with E-state index in [1.165, 1.54) is 31.7 Å². The van der Waals surface area contributed by atoms with Gasteiger partial charge in [0.25, 0.3) is 0 Å². The normalized spacial score (nSPS) is 17.5. The maximum absolute atomic E-state index is 15.8. The fraction of sp³-hybridized carbons (Fsp3) is 0.425. The highest BCUT2D eigenvalue weighted by atomic mass is 19.1. The minimum atomic E-state index is -1.43. The number of esters is 1. The molecule has 1 aliphatic rings. The molecule has 0 spiro atoms. The summed E-state index contributed by atoms with van der Waals surface area (Å²) >= 11 is 0. The summed E-state index contributed by atoms with van der Waals surface area (Å²) in [5, 5.41) is 28.6. The Bertz CT molecular complexity index is 1580. The number of aliphatic hydroxyl groups is 3. The van der Waals surface area contributed by atoms with Gasteiger partial charge < -0.3 is 24.8 Å². The summed E-state index contributed by atoms with van der Waals surface area (Å²) in [4.78, 5) is 12.2. The summed E-state index contributed by atoms with van der Waals surface area (Å²) in [6.45, 7) is 9.96. The van der Waals surface area contributed by atoms with Crippen molar-refractivity contribution in [3.63, 3.8) is 0 Å². The lowest BCUT2D eigenvalue weighted by atomic mass is 9.77. The Hall–Kier alpha value is -3.69. The third-order valence-electron chi connectivity index (χ3n) is 9.46. The molecule has 0 radical (unpaired) electrons. The van der Waals surface area contributed by atoms with Crippen LogP contribution in [0.25, 0.3) is 22.3 Å². The summed E-state index contributed by atoms with van der Waals surface area (Å²) in [7, 11) is 0. The molecule has 258 valence electrons. The standard InChI is InChI=1S/C40H48F2O6/c1-5-7-27-8-10-29(11-9-27)31-13-16-35(37(41)19-31)32-14-17-36(38(42)20-32)34-15-12-30(18-28(34)6-2)33(23-47-39(45)25(3)21-43)24-48-40(46)26(4)22-44/h12-20,27,29,33,39,43-45H,3-11,21-24H2,1-2H3. The molecule has 6 nitrogen and oxygen atoms in total. The number of halogens is 2. The number of ether oxygens (including phenoxy) is 2. The molecule has 0 saturated heterocycles. The Balaban J connectivity index is 1.55. The zero-order valence-corrected chi connectivity index (χ0v) is 28.0. The summed E-state index contributed by atoms with van der Waals surface area (Å²) in [6, 6.07) is 15.6. The van der Waals surface area contributed by atoms with Crippen LogP contribution in [0.3, 0.4) is 0 Å². The van der Waals surface area contributed by atoms with Crippen LogP contribution in [-0.4, -0.2) is 54.0 Å². The molecular weight excluding hydrogens is 614 g/mol. The number of hydrogen-bond acceptors (Lipinski definition) is 6. The number of rotatable bonds is 16. The molecule has 4 rings (SSSR count). The van der Waals surface area contributed by atoms with Crippen LogP contribution in [0.15, 0.2) is 78.9 Å². The van der Waals surface area contributed by atoms with Crippen LogP contribution in [0.1, 0.15) is 80.9 Å². The zero-order chi connectivity index (χ0) is 34.8. The highest BCUT2D eigenvalue weighted by Gasteiger charge is 2.24. The molecule has 2 unspecified atom stereocenters. The third-order valence-corrected chi connectivity index (χ3v) is 9.46. The molecule has 8 heteroatoms. The van der Waals surface area contributed by atoms with Crippen LogP contribution in [0.2, 0.25) is 0 Å². The van der Waals surface area contributed by atoms with E-state index in [1.807, 2.05) is 19.1 Å². The number of benzene rings is 3. The summed E-state index contributed by atoms with van der Waals surface area (Å²) in [5.74, 6) is -1.01. The molecule has 0 amide bonds. The molecule has 2 atom stereocenters. The SMILES string of the molecule is C=C(CO)C(=O)OCC(COC(O)C(=C)CO)c1ccc(-c2ccc(-c3ccc(C4CCC(CCC)CC4)cc3F)cc2F)c(CC)c1. The van der Waals surface area contributed by atoms with Crippen LogP contribution < -0.4 is 0 Å². The molecular formula is C40H48F2O6. The maximum Gasteiger partial charge on any atom is 0.335 e. The van der Waals surface area contributed by atoms with Crippen molar-refractivity contribution in [2.45, 2.75) is 76.9 Å². The number of carbonyl (C=O) groups excluding carboxylic acids is 1. The molecule has 3 aromatic rings. The fourth-order valence-corrected chi connectivity index (χ4v) is 6.52. The van der Waals surface area contributed by atoms with Crippen molar-refractivity contribution >= 4 is 5.97 Å². The van der Waals surface area contributed by atoms with Gasteiger partial charge in [-0.25, -0.2) is 13.6 Å². The van der Waals surface area contributed by atoms with Crippen molar-refractivity contribution < 1.29 is 38.4 Å². The highest BCUT2D eigenvalue weighted by Crippen LogP contribution is 2.39. The van der Waals surface area contributed by atoms with Crippen molar-refractivity contribution in [1.29, 1.82) is 0 Å². The van der Waals surface area contributed by atoms with E-state index in [4.69, 9.17) is 9.47 Å². The highest BCUT2D eigenvalue weighted by molar-refractivity contribution is 5.87. The molecule has 0 bridgehead atoms. The average Bonchev–Trinajstić information content (AvgIpc) is 3.10. The monoisotopic (exact) mass is 662 g/mol. The molecule has 3 N–H and O–H groups in total. The molecule has 1 aliphatic carbocycles. The smallest absolute Gasteiger partial charge is 0.335 e. The predicted octanol–water partition coefficient (Wildman–Crippen LogP) is 7.99. The summed E-state index contributed by atoms with van der Waals surface area (Å²) in [6.07, 6.45) is 6.10. The van der Waals surface area contributed by atoms with E-state index in [1.54, 1.807) is 36.4 Å². The van der Waals surface area contributed by atoms with Crippen molar-refractivity contribution in [1.82, 2.24) is 0 Å². The van der Waals surface area contributed by atoms with Gasteiger partial charge in [-0.05, 0) is 83.9 Å². The number of aliphatic hydroxyl groups excluding tert-OH is 3. The van der Waals surface area contributed by atoms with E-state index in [2.05, 4.69) is 20.1 Å².